The van der Waals surface area contributed by atoms with E-state index in [4.69, 9.17) is 9.47 Å². The first-order chi connectivity index (χ1) is 19.2. The van der Waals surface area contributed by atoms with Crippen LogP contribution in [0.15, 0.2) is 96.7 Å². The Morgan fingerprint density at radius 1 is 1.02 bits per heavy atom. The minimum atomic E-state index is -0.645. The van der Waals surface area contributed by atoms with Crippen LogP contribution in [0.1, 0.15) is 42.1 Å². The number of rotatable bonds is 7. The van der Waals surface area contributed by atoms with E-state index in [1.807, 2.05) is 79.7 Å². The van der Waals surface area contributed by atoms with Crippen LogP contribution in [0.3, 0.4) is 0 Å². The SMILES string of the molecule is CCOC(=O)C1=C(C)N=c2s/c(=C/c3cc(Br)ccc3OCc3ccc(Br)cc3)c(=O)n2[C@H]1c1ccc(C)cc1. The first-order valence-electron chi connectivity index (χ1n) is 12.7. The van der Waals surface area contributed by atoms with E-state index in [2.05, 4.69) is 36.9 Å². The summed E-state index contributed by atoms with van der Waals surface area (Å²) in [6.45, 7) is 6.15. The Bertz CT molecular complexity index is 1790. The third-order valence-electron chi connectivity index (χ3n) is 6.48. The first kappa shape index (κ1) is 28.3. The quantitative estimate of drug-likeness (QED) is 0.218. The van der Waals surface area contributed by atoms with Crippen LogP contribution >= 0.6 is 43.2 Å². The van der Waals surface area contributed by atoms with Gasteiger partial charge in [-0.1, -0.05) is 85.2 Å². The molecule has 0 saturated heterocycles. The number of aromatic nitrogens is 1. The van der Waals surface area contributed by atoms with Crippen LogP contribution in [-0.2, 0) is 16.1 Å². The summed E-state index contributed by atoms with van der Waals surface area (Å²) in [6.07, 6.45) is 1.82. The Kier molecular flexibility index (Phi) is 8.54. The summed E-state index contributed by atoms with van der Waals surface area (Å²) in [6, 6.07) is 20.8. The summed E-state index contributed by atoms with van der Waals surface area (Å²) >= 11 is 8.29. The molecule has 0 bridgehead atoms. The highest BCUT2D eigenvalue weighted by Gasteiger charge is 2.33. The maximum absolute atomic E-state index is 14.0. The van der Waals surface area contributed by atoms with E-state index in [0.717, 1.165) is 31.2 Å². The second-order valence-electron chi connectivity index (χ2n) is 9.31. The lowest BCUT2D eigenvalue weighted by Gasteiger charge is -2.24. The van der Waals surface area contributed by atoms with E-state index < -0.39 is 12.0 Å². The molecule has 0 amide bonds. The summed E-state index contributed by atoms with van der Waals surface area (Å²) in [5, 5.41) is 0. The molecule has 3 aromatic carbocycles. The number of carbonyl (C=O) groups is 1. The van der Waals surface area contributed by atoms with E-state index in [9.17, 15) is 9.59 Å². The van der Waals surface area contributed by atoms with Crippen molar-refractivity contribution >= 4 is 55.2 Å². The molecular formula is C31H26Br2N2O4S. The maximum Gasteiger partial charge on any atom is 0.338 e. The van der Waals surface area contributed by atoms with Crippen LogP contribution in [0.5, 0.6) is 5.75 Å². The van der Waals surface area contributed by atoms with Crippen LogP contribution in [0.25, 0.3) is 6.08 Å². The number of ether oxygens (including phenoxy) is 2. The van der Waals surface area contributed by atoms with Gasteiger partial charge in [-0.25, -0.2) is 9.79 Å². The van der Waals surface area contributed by atoms with E-state index in [1.165, 1.54) is 11.3 Å². The Morgan fingerprint density at radius 2 is 1.73 bits per heavy atom. The fourth-order valence-electron chi connectivity index (χ4n) is 4.50. The van der Waals surface area contributed by atoms with Crippen LogP contribution in [-0.4, -0.2) is 17.1 Å². The third-order valence-corrected chi connectivity index (χ3v) is 8.48. The lowest BCUT2D eigenvalue weighted by Crippen LogP contribution is -2.39. The average Bonchev–Trinajstić information content (AvgIpc) is 3.23. The first-order valence-corrected chi connectivity index (χ1v) is 15.1. The summed E-state index contributed by atoms with van der Waals surface area (Å²) < 4.78 is 15.5. The topological polar surface area (TPSA) is 69.9 Å². The lowest BCUT2D eigenvalue weighted by molar-refractivity contribution is -0.139. The van der Waals surface area contributed by atoms with Crippen LogP contribution in [0.4, 0.5) is 0 Å². The van der Waals surface area contributed by atoms with Crippen molar-refractivity contribution in [2.45, 2.75) is 33.4 Å². The molecule has 0 N–H and O–H groups in total. The van der Waals surface area contributed by atoms with Crippen molar-refractivity contribution in [2.24, 2.45) is 4.99 Å². The zero-order chi connectivity index (χ0) is 28.4. The molecule has 2 heterocycles. The normalized spacial score (nSPS) is 15.0. The van der Waals surface area contributed by atoms with E-state index in [-0.39, 0.29) is 12.2 Å². The van der Waals surface area contributed by atoms with Gasteiger partial charge in [-0.05, 0) is 68.3 Å². The molecule has 4 aromatic rings. The highest BCUT2D eigenvalue weighted by molar-refractivity contribution is 9.10. The van der Waals surface area contributed by atoms with Crippen LogP contribution < -0.4 is 19.6 Å². The van der Waals surface area contributed by atoms with Gasteiger partial charge in [-0.3, -0.25) is 9.36 Å². The van der Waals surface area contributed by atoms with Gasteiger partial charge < -0.3 is 9.47 Å². The maximum atomic E-state index is 14.0. The molecular weight excluding hydrogens is 656 g/mol. The number of fused-ring (bicyclic) bond motifs is 1. The molecule has 0 spiro atoms. The minimum absolute atomic E-state index is 0.229. The molecule has 9 heteroatoms. The predicted molar refractivity (Wildman–Crippen MR) is 164 cm³/mol. The average molecular weight is 682 g/mol. The molecule has 0 saturated carbocycles. The monoisotopic (exact) mass is 680 g/mol. The van der Waals surface area contributed by atoms with E-state index in [1.54, 1.807) is 18.4 Å². The number of thiazole rings is 1. The molecule has 1 aliphatic heterocycles. The Labute approximate surface area is 252 Å². The van der Waals surface area contributed by atoms with Crippen molar-refractivity contribution in [3.05, 3.63) is 129 Å². The molecule has 0 fully saturated rings. The van der Waals surface area contributed by atoms with Crippen molar-refractivity contribution < 1.29 is 14.3 Å². The van der Waals surface area contributed by atoms with E-state index >= 15 is 0 Å². The predicted octanol–water partition coefficient (Wildman–Crippen LogP) is 6.21. The highest BCUT2D eigenvalue weighted by Crippen LogP contribution is 2.31. The van der Waals surface area contributed by atoms with Gasteiger partial charge in [0.05, 0.1) is 28.5 Å². The Hall–Kier alpha value is -3.27. The second-order valence-corrected chi connectivity index (χ2v) is 12.2. The second kappa shape index (κ2) is 12.1. The van der Waals surface area contributed by atoms with Crippen LogP contribution in [0, 0.1) is 6.92 Å². The molecule has 5 rings (SSSR count). The van der Waals surface area contributed by atoms with Crippen molar-refractivity contribution in [1.82, 2.24) is 4.57 Å². The number of nitrogens with zero attached hydrogens (tertiary/aromatic N) is 2. The molecule has 0 unspecified atom stereocenters. The minimum Gasteiger partial charge on any atom is -0.488 e. The standard InChI is InChI=1S/C31H26Br2N2O4S/c1-4-38-30(37)27-19(3)34-31-35(28(27)21-9-5-18(2)6-10-21)29(36)26(40-31)16-22-15-24(33)13-14-25(22)39-17-20-7-11-23(32)12-8-20/h5-16,28H,4,17H2,1-3H3/b26-16+/t28-/m0/s1. The molecule has 0 radical (unpaired) electrons. The fourth-order valence-corrected chi connectivity index (χ4v) is 6.18. The lowest BCUT2D eigenvalue weighted by atomic mass is 9.95. The van der Waals surface area contributed by atoms with Gasteiger partial charge in [0.15, 0.2) is 4.80 Å². The molecule has 1 aliphatic rings. The molecule has 0 aliphatic carbocycles. The van der Waals surface area contributed by atoms with Gasteiger partial charge in [0.2, 0.25) is 0 Å². The number of hydrogen-bond donors (Lipinski definition) is 0. The van der Waals surface area contributed by atoms with E-state index in [0.29, 0.717) is 33.0 Å². The number of benzene rings is 3. The van der Waals surface area contributed by atoms with Gasteiger partial charge >= 0.3 is 5.97 Å². The number of esters is 1. The number of hydrogen-bond acceptors (Lipinski definition) is 6. The van der Waals surface area contributed by atoms with Gasteiger partial charge in [0, 0.05) is 14.5 Å². The largest absolute Gasteiger partial charge is 0.488 e. The summed E-state index contributed by atoms with van der Waals surface area (Å²) in [4.78, 5) is 32.2. The Morgan fingerprint density at radius 3 is 2.42 bits per heavy atom. The smallest absolute Gasteiger partial charge is 0.338 e. The van der Waals surface area contributed by atoms with Gasteiger partial charge in [0.1, 0.15) is 12.4 Å². The summed E-state index contributed by atoms with van der Waals surface area (Å²) in [5.41, 5.74) is 4.35. The van der Waals surface area contributed by atoms with Crippen molar-refractivity contribution in [3.63, 3.8) is 0 Å². The van der Waals surface area contributed by atoms with Gasteiger partial charge in [-0.15, -0.1) is 0 Å². The molecule has 1 atom stereocenters. The zero-order valence-electron chi connectivity index (χ0n) is 22.1. The highest BCUT2D eigenvalue weighted by atomic mass is 79.9. The van der Waals surface area contributed by atoms with Crippen molar-refractivity contribution in [1.29, 1.82) is 0 Å². The van der Waals surface area contributed by atoms with Gasteiger partial charge in [-0.2, -0.15) is 0 Å². The van der Waals surface area contributed by atoms with Gasteiger partial charge in [0.25, 0.3) is 5.56 Å². The Balaban J connectivity index is 1.61. The number of carbonyl (C=O) groups excluding carboxylic acids is 1. The molecule has 6 nitrogen and oxygen atoms in total. The number of allylic oxidation sites excluding steroid dienone is 1. The zero-order valence-corrected chi connectivity index (χ0v) is 26.1. The molecule has 40 heavy (non-hydrogen) atoms. The summed E-state index contributed by atoms with van der Waals surface area (Å²) in [5.74, 6) is 0.176. The third kappa shape index (κ3) is 5.92. The number of halogens is 2. The van der Waals surface area contributed by atoms with Crippen molar-refractivity contribution in [2.75, 3.05) is 6.61 Å². The van der Waals surface area contributed by atoms with Crippen LogP contribution in [0.2, 0.25) is 0 Å². The fraction of sp³-hybridized carbons (Fsp3) is 0.194. The van der Waals surface area contributed by atoms with Crippen molar-refractivity contribution in [3.8, 4) is 5.75 Å². The summed E-state index contributed by atoms with van der Waals surface area (Å²) in [7, 11) is 0. The molecule has 204 valence electrons. The number of aryl methyl sites for hydroxylation is 1. The molecule has 1 aromatic heterocycles.